The fraction of sp³-hybridized carbons (Fsp3) is 0.526. The summed E-state index contributed by atoms with van der Waals surface area (Å²) >= 11 is 12.3. The second-order valence-electron chi connectivity index (χ2n) is 6.66. The highest BCUT2D eigenvalue weighted by molar-refractivity contribution is 6.42. The van der Waals surface area contributed by atoms with Gasteiger partial charge in [-0.25, -0.2) is 0 Å². The molecule has 1 heterocycles. The van der Waals surface area contributed by atoms with E-state index in [0.717, 1.165) is 19.3 Å². The summed E-state index contributed by atoms with van der Waals surface area (Å²) in [7, 11) is 0. The van der Waals surface area contributed by atoms with Gasteiger partial charge in [-0.3, -0.25) is 4.79 Å². The molecular formula is C19H27Cl3N2O2. The van der Waals surface area contributed by atoms with Crippen molar-refractivity contribution < 1.29 is 4.74 Å². The van der Waals surface area contributed by atoms with Crippen molar-refractivity contribution in [2.75, 3.05) is 6.61 Å². The number of pyridine rings is 1. The van der Waals surface area contributed by atoms with Crippen LogP contribution in [0.5, 0.6) is 5.75 Å². The minimum atomic E-state index is -0.108. The molecule has 2 rings (SSSR count). The lowest BCUT2D eigenvalue weighted by molar-refractivity contribution is 0.301. The van der Waals surface area contributed by atoms with Crippen LogP contribution >= 0.6 is 35.6 Å². The van der Waals surface area contributed by atoms with E-state index >= 15 is 0 Å². The Labute approximate surface area is 171 Å². The summed E-state index contributed by atoms with van der Waals surface area (Å²) in [4.78, 5) is 13.0. The predicted molar refractivity (Wildman–Crippen MR) is 113 cm³/mol. The molecule has 2 aromatic rings. The van der Waals surface area contributed by atoms with Gasteiger partial charge in [0.15, 0.2) is 0 Å². The first-order valence-corrected chi connectivity index (χ1v) is 9.53. The molecule has 2 N–H and O–H groups in total. The fourth-order valence-electron chi connectivity index (χ4n) is 2.91. The molecule has 146 valence electrons. The van der Waals surface area contributed by atoms with E-state index in [-0.39, 0.29) is 24.5 Å². The topological polar surface area (TPSA) is 57.2 Å². The number of nitrogens with two attached hydrogens (primary N) is 1. The average molecular weight is 422 g/mol. The summed E-state index contributed by atoms with van der Waals surface area (Å²) in [5, 5.41) is 1.95. The standard InChI is InChI=1S/C19H26Cl2N2O2.ClH/c1-4-5-6-7-25-18-13-8-15(20)16(21)9-14(13)19(24)23(11-12(2)3)17(18)10-22;/h8-9,12H,4-7,10-11,22H2,1-3H3;1H. The van der Waals surface area contributed by atoms with E-state index in [4.69, 9.17) is 33.7 Å². The number of benzene rings is 1. The third-order valence-corrected chi connectivity index (χ3v) is 4.83. The number of ether oxygens (including phenoxy) is 1. The van der Waals surface area contributed by atoms with Crippen molar-refractivity contribution >= 4 is 46.4 Å². The van der Waals surface area contributed by atoms with E-state index < -0.39 is 0 Å². The van der Waals surface area contributed by atoms with Gasteiger partial charge in [-0.2, -0.15) is 0 Å². The van der Waals surface area contributed by atoms with Crippen LogP contribution in [0.1, 0.15) is 45.7 Å². The Morgan fingerprint density at radius 1 is 1.15 bits per heavy atom. The van der Waals surface area contributed by atoms with Crippen LogP contribution in [0.2, 0.25) is 10.0 Å². The molecule has 0 saturated heterocycles. The molecule has 0 spiro atoms. The predicted octanol–water partition coefficient (Wildman–Crippen LogP) is 5.41. The van der Waals surface area contributed by atoms with Gasteiger partial charge in [0.2, 0.25) is 0 Å². The van der Waals surface area contributed by atoms with Gasteiger partial charge in [0.1, 0.15) is 5.75 Å². The molecule has 0 unspecified atom stereocenters. The molecule has 0 saturated carbocycles. The Kier molecular flexibility index (Phi) is 9.25. The first-order valence-electron chi connectivity index (χ1n) is 8.77. The monoisotopic (exact) mass is 420 g/mol. The summed E-state index contributed by atoms with van der Waals surface area (Å²) in [6.07, 6.45) is 3.16. The molecule has 0 amide bonds. The van der Waals surface area contributed by atoms with Gasteiger partial charge in [0.25, 0.3) is 5.56 Å². The molecule has 1 aromatic carbocycles. The summed E-state index contributed by atoms with van der Waals surface area (Å²) in [5.41, 5.74) is 6.59. The number of nitrogens with zero attached hydrogens (tertiary/aromatic N) is 1. The molecule has 0 aliphatic rings. The van der Waals surface area contributed by atoms with E-state index in [2.05, 4.69) is 20.8 Å². The molecule has 1 aromatic heterocycles. The highest BCUT2D eigenvalue weighted by atomic mass is 35.5. The number of aromatic nitrogens is 1. The minimum Gasteiger partial charge on any atom is -0.491 e. The Hall–Kier alpha value is -0.940. The lowest BCUT2D eigenvalue weighted by Crippen LogP contribution is -2.28. The summed E-state index contributed by atoms with van der Waals surface area (Å²) in [6.45, 7) is 7.65. The average Bonchev–Trinajstić information content (AvgIpc) is 2.56. The zero-order chi connectivity index (χ0) is 18.6. The number of halogens is 3. The molecule has 0 bridgehead atoms. The van der Waals surface area contributed by atoms with E-state index in [9.17, 15) is 4.79 Å². The number of fused-ring (bicyclic) bond motifs is 1. The zero-order valence-electron chi connectivity index (χ0n) is 15.5. The fourth-order valence-corrected chi connectivity index (χ4v) is 3.23. The highest BCUT2D eigenvalue weighted by Crippen LogP contribution is 2.34. The molecule has 0 aliphatic carbocycles. The van der Waals surface area contributed by atoms with Gasteiger partial charge in [0.05, 0.1) is 27.7 Å². The smallest absolute Gasteiger partial charge is 0.258 e. The van der Waals surface area contributed by atoms with Gasteiger partial charge in [-0.1, -0.05) is 56.8 Å². The van der Waals surface area contributed by atoms with Gasteiger partial charge in [-0.15, -0.1) is 12.4 Å². The lowest BCUT2D eigenvalue weighted by Gasteiger charge is -2.20. The van der Waals surface area contributed by atoms with Crippen molar-refractivity contribution in [3.05, 3.63) is 38.2 Å². The second kappa shape index (κ2) is 10.4. The minimum absolute atomic E-state index is 0. The zero-order valence-corrected chi connectivity index (χ0v) is 17.8. The van der Waals surface area contributed by atoms with Crippen molar-refractivity contribution in [3.63, 3.8) is 0 Å². The second-order valence-corrected chi connectivity index (χ2v) is 7.47. The van der Waals surface area contributed by atoms with Gasteiger partial charge >= 0.3 is 0 Å². The first kappa shape index (κ1) is 23.1. The summed E-state index contributed by atoms with van der Waals surface area (Å²) < 4.78 is 7.79. The molecule has 0 atom stereocenters. The highest BCUT2D eigenvalue weighted by Gasteiger charge is 2.19. The number of hydrogen-bond donors (Lipinski definition) is 1. The Bertz CT molecular complexity index is 804. The van der Waals surface area contributed by atoms with Crippen molar-refractivity contribution in [1.82, 2.24) is 4.57 Å². The summed E-state index contributed by atoms with van der Waals surface area (Å²) in [6, 6.07) is 3.33. The van der Waals surface area contributed by atoms with Crippen molar-refractivity contribution in [3.8, 4) is 5.75 Å². The Morgan fingerprint density at radius 2 is 1.77 bits per heavy atom. The van der Waals surface area contributed by atoms with Crippen LogP contribution in [0.15, 0.2) is 16.9 Å². The van der Waals surface area contributed by atoms with Crippen LogP contribution in [0.25, 0.3) is 10.8 Å². The van der Waals surface area contributed by atoms with Crippen molar-refractivity contribution in [2.24, 2.45) is 11.7 Å². The molecule has 7 heteroatoms. The van der Waals surface area contributed by atoms with Crippen LogP contribution in [0, 0.1) is 5.92 Å². The quantitative estimate of drug-likeness (QED) is 0.579. The molecule has 26 heavy (non-hydrogen) atoms. The number of hydrogen-bond acceptors (Lipinski definition) is 3. The van der Waals surface area contributed by atoms with E-state index in [0.29, 0.717) is 51.3 Å². The van der Waals surface area contributed by atoms with Crippen LogP contribution in [0.4, 0.5) is 0 Å². The molecule has 0 aliphatic heterocycles. The third kappa shape index (κ3) is 5.07. The van der Waals surface area contributed by atoms with Crippen LogP contribution in [-0.2, 0) is 13.1 Å². The Morgan fingerprint density at radius 3 is 2.31 bits per heavy atom. The Balaban J connectivity index is 0.00000338. The van der Waals surface area contributed by atoms with Gasteiger partial charge in [-0.05, 0) is 24.5 Å². The van der Waals surface area contributed by atoms with Crippen LogP contribution in [-0.4, -0.2) is 11.2 Å². The van der Waals surface area contributed by atoms with E-state index in [1.807, 2.05) is 0 Å². The molecule has 0 fully saturated rings. The van der Waals surface area contributed by atoms with E-state index in [1.165, 1.54) is 0 Å². The largest absolute Gasteiger partial charge is 0.491 e. The first-order chi connectivity index (χ1) is 11.9. The van der Waals surface area contributed by atoms with Crippen molar-refractivity contribution in [1.29, 1.82) is 0 Å². The maximum absolute atomic E-state index is 13.0. The van der Waals surface area contributed by atoms with Gasteiger partial charge in [0, 0.05) is 18.5 Å². The molecular weight excluding hydrogens is 395 g/mol. The van der Waals surface area contributed by atoms with Crippen molar-refractivity contribution in [2.45, 2.75) is 53.1 Å². The molecule has 4 nitrogen and oxygen atoms in total. The SMILES string of the molecule is CCCCCOc1c(CN)n(CC(C)C)c(=O)c2cc(Cl)c(Cl)cc12.Cl. The molecule has 0 radical (unpaired) electrons. The summed E-state index contributed by atoms with van der Waals surface area (Å²) in [5.74, 6) is 0.948. The lowest BCUT2D eigenvalue weighted by atomic mass is 10.1. The van der Waals surface area contributed by atoms with Crippen LogP contribution in [0.3, 0.4) is 0 Å². The normalized spacial score (nSPS) is 11.0. The number of unbranched alkanes of at least 4 members (excludes halogenated alkanes) is 2. The third-order valence-electron chi connectivity index (χ3n) is 4.10. The van der Waals surface area contributed by atoms with E-state index in [1.54, 1.807) is 16.7 Å². The van der Waals surface area contributed by atoms with Crippen LogP contribution < -0.4 is 16.0 Å². The maximum atomic E-state index is 13.0. The number of rotatable bonds is 8. The van der Waals surface area contributed by atoms with Gasteiger partial charge < -0.3 is 15.0 Å². The maximum Gasteiger partial charge on any atom is 0.258 e.